The zero-order chi connectivity index (χ0) is 8.97. The first-order chi connectivity index (χ1) is 5.79. The number of aryl methyl sites for hydroxylation is 1. The summed E-state index contributed by atoms with van der Waals surface area (Å²) in [6.07, 6.45) is 3.49. The molecule has 0 unspecified atom stereocenters. The van der Waals surface area contributed by atoms with E-state index in [0.717, 1.165) is 5.56 Å². The summed E-state index contributed by atoms with van der Waals surface area (Å²) in [4.78, 5) is 0. The van der Waals surface area contributed by atoms with Crippen LogP contribution in [0.5, 0.6) is 0 Å². The van der Waals surface area contributed by atoms with Gasteiger partial charge in [0, 0.05) is 12.4 Å². The predicted molar refractivity (Wildman–Crippen MR) is 48.5 cm³/mol. The lowest BCUT2D eigenvalue weighted by molar-refractivity contribution is 0.781. The minimum absolute atomic E-state index is 0.676. The van der Waals surface area contributed by atoms with E-state index in [2.05, 4.69) is 10.2 Å². The number of aromatic nitrogens is 1. The number of nitrogens with zero attached hydrogens (tertiary/aromatic N) is 3. The van der Waals surface area contributed by atoms with Gasteiger partial charge in [0.05, 0.1) is 0 Å². The van der Waals surface area contributed by atoms with Gasteiger partial charge in [-0.15, -0.1) is 0 Å². The molecule has 0 amide bonds. The molecule has 0 saturated heterocycles. The Labute approximate surface area is 71.0 Å². The standard InChI is InChI=1S/C8H12N4/c1-3-10-12-6-4-5-7(2)8(12)11-9/h3-6H,9H2,1-2H3/b10-3-,11-8-. The van der Waals surface area contributed by atoms with E-state index in [1.54, 1.807) is 17.1 Å². The van der Waals surface area contributed by atoms with Crippen LogP contribution in [-0.2, 0) is 0 Å². The first kappa shape index (κ1) is 8.52. The van der Waals surface area contributed by atoms with Crippen molar-refractivity contribution in [3.8, 4) is 0 Å². The third-order valence-electron chi connectivity index (χ3n) is 1.51. The zero-order valence-corrected chi connectivity index (χ0v) is 7.23. The van der Waals surface area contributed by atoms with Crippen molar-refractivity contribution in [2.75, 3.05) is 0 Å². The van der Waals surface area contributed by atoms with Gasteiger partial charge in [0.25, 0.3) is 0 Å². The molecule has 64 valence electrons. The van der Waals surface area contributed by atoms with Gasteiger partial charge < -0.3 is 5.84 Å². The van der Waals surface area contributed by atoms with Crippen molar-refractivity contribution in [2.24, 2.45) is 16.0 Å². The maximum absolute atomic E-state index is 5.21. The summed E-state index contributed by atoms with van der Waals surface area (Å²) in [5.41, 5.74) is 1.68. The summed E-state index contributed by atoms with van der Waals surface area (Å²) in [5, 5.41) is 7.69. The average Bonchev–Trinajstić information content (AvgIpc) is 2.05. The largest absolute Gasteiger partial charge is 0.321 e. The van der Waals surface area contributed by atoms with Crippen LogP contribution in [0.25, 0.3) is 0 Å². The molecule has 0 spiro atoms. The maximum Gasteiger partial charge on any atom is 0.175 e. The SMILES string of the molecule is C/C=N\n1cccc(C)/c1=N/N. The van der Waals surface area contributed by atoms with Crippen LogP contribution < -0.4 is 11.3 Å². The summed E-state index contributed by atoms with van der Waals surface area (Å²) in [6, 6.07) is 3.84. The van der Waals surface area contributed by atoms with Crippen LogP contribution >= 0.6 is 0 Å². The Bertz CT molecular complexity index is 348. The molecular weight excluding hydrogens is 152 g/mol. The minimum Gasteiger partial charge on any atom is -0.321 e. The van der Waals surface area contributed by atoms with Gasteiger partial charge in [0.1, 0.15) is 0 Å². The van der Waals surface area contributed by atoms with Crippen LogP contribution in [-0.4, -0.2) is 10.9 Å². The third kappa shape index (κ3) is 1.53. The molecule has 1 aromatic heterocycles. The van der Waals surface area contributed by atoms with Crippen LogP contribution in [0, 0.1) is 6.92 Å². The Balaban J connectivity index is 3.39. The van der Waals surface area contributed by atoms with Crippen molar-refractivity contribution >= 4 is 6.21 Å². The number of hydrogen-bond acceptors (Lipinski definition) is 3. The lowest BCUT2D eigenvalue weighted by Crippen LogP contribution is -2.21. The molecule has 2 N–H and O–H groups in total. The zero-order valence-electron chi connectivity index (χ0n) is 7.23. The van der Waals surface area contributed by atoms with Crippen LogP contribution in [0.1, 0.15) is 12.5 Å². The fourth-order valence-electron chi connectivity index (χ4n) is 0.973. The van der Waals surface area contributed by atoms with Gasteiger partial charge in [-0.2, -0.15) is 10.2 Å². The van der Waals surface area contributed by atoms with Crippen molar-refractivity contribution < 1.29 is 0 Å². The van der Waals surface area contributed by atoms with E-state index in [1.165, 1.54) is 0 Å². The fourth-order valence-corrected chi connectivity index (χ4v) is 0.973. The van der Waals surface area contributed by atoms with Gasteiger partial charge in [-0.05, 0) is 25.5 Å². The highest BCUT2D eigenvalue weighted by Crippen LogP contribution is 1.87. The maximum atomic E-state index is 5.21. The number of hydrogen-bond donors (Lipinski definition) is 1. The van der Waals surface area contributed by atoms with E-state index in [4.69, 9.17) is 5.84 Å². The molecule has 0 aromatic carbocycles. The molecule has 0 aliphatic heterocycles. The normalized spacial score (nSPS) is 12.7. The Hall–Kier alpha value is -1.58. The van der Waals surface area contributed by atoms with Crippen molar-refractivity contribution in [2.45, 2.75) is 13.8 Å². The Kier molecular flexibility index (Phi) is 2.63. The van der Waals surface area contributed by atoms with E-state index in [9.17, 15) is 0 Å². The molecule has 0 atom stereocenters. The highest BCUT2D eigenvalue weighted by Gasteiger charge is 1.92. The van der Waals surface area contributed by atoms with Gasteiger partial charge in [0.15, 0.2) is 5.49 Å². The molecule has 0 saturated carbocycles. The molecule has 0 aliphatic carbocycles. The van der Waals surface area contributed by atoms with Crippen molar-refractivity contribution in [1.29, 1.82) is 0 Å². The summed E-state index contributed by atoms with van der Waals surface area (Å²) >= 11 is 0. The molecule has 0 fully saturated rings. The number of rotatable bonds is 1. The Morgan fingerprint density at radius 1 is 1.58 bits per heavy atom. The molecule has 0 bridgehead atoms. The second-order valence-corrected chi connectivity index (χ2v) is 2.36. The molecule has 12 heavy (non-hydrogen) atoms. The molecule has 0 radical (unpaired) electrons. The number of nitrogens with two attached hydrogens (primary N) is 1. The number of pyridine rings is 1. The molecule has 1 aromatic rings. The van der Waals surface area contributed by atoms with Crippen molar-refractivity contribution in [3.05, 3.63) is 29.4 Å². The summed E-state index contributed by atoms with van der Waals surface area (Å²) < 4.78 is 1.63. The van der Waals surface area contributed by atoms with Crippen molar-refractivity contribution in [1.82, 2.24) is 4.68 Å². The fraction of sp³-hybridized carbons (Fsp3) is 0.250. The summed E-state index contributed by atoms with van der Waals surface area (Å²) in [5.74, 6) is 5.21. The highest BCUT2D eigenvalue weighted by atomic mass is 15.4. The predicted octanol–water partition coefficient (Wildman–Crippen LogP) is 0.425. The first-order valence-corrected chi connectivity index (χ1v) is 3.70. The molecule has 1 heterocycles. The van der Waals surface area contributed by atoms with E-state index in [0.29, 0.717) is 5.49 Å². The van der Waals surface area contributed by atoms with Crippen LogP contribution in [0.3, 0.4) is 0 Å². The molecular formula is C8H12N4. The summed E-state index contributed by atoms with van der Waals surface area (Å²) in [6.45, 7) is 3.78. The molecule has 4 nitrogen and oxygen atoms in total. The summed E-state index contributed by atoms with van der Waals surface area (Å²) in [7, 11) is 0. The second-order valence-electron chi connectivity index (χ2n) is 2.36. The van der Waals surface area contributed by atoms with Gasteiger partial charge >= 0.3 is 0 Å². The van der Waals surface area contributed by atoms with Gasteiger partial charge in [-0.1, -0.05) is 6.07 Å². The topological polar surface area (TPSA) is 55.7 Å². The van der Waals surface area contributed by atoms with E-state index in [1.807, 2.05) is 26.0 Å². The second kappa shape index (κ2) is 3.71. The van der Waals surface area contributed by atoms with Gasteiger partial charge in [-0.3, -0.25) is 0 Å². The van der Waals surface area contributed by atoms with Crippen LogP contribution in [0.15, 0.2) is 28.5 Å². The van der Waals surface area contributed by atoms with Gasteiger partial charge in [0.2, 0.25) is 0 Å². The lowest BCUT2D eigenvalue weighted by atomic mass is 10.3. The Morgan fingerprint density at radius 3 is 2.92 bits per heavy atom. The monoisotopic (exact) mass is 164 g/mol. The lowest BCUT2D eigenvalue weighted by Gasteiger charge is -2.00. The van der Waals surface area contributed by atoms with E-state index < -0.39 is 0 Å². The van der Waals surface area contributed by atoms with Gasteiger partial charge in [-0.25, -0.2) is 4.68 Å². The first-order valence-electron chi connectivity index (χ1n) is 3.70. The Morgan fingerprint density at radius 2 is 2.33 bits per heavy atom. The highest BCUT2D eigenvalue weighted by molar-refractivity contribution is 5.52. The van der Waals surface area contributed by atoms with E-state index >= 15 is 0 Å². The van der Waals surface area contributed by atoms with Crippen molar-refractivity contribution in [3.63, 3.8) is 0 Å². The molecule has 1 rings (SSSR count). The quantitative estimate of drug-likeness (QED) is 0.365. The molecule has 4 heteroatoms. The smallest absolute Gasteiger partial charge is 0.175 e. The van der Waals surface area contributed by atoms with E-state index in [-0.39, 0.29) is 0 Å². The minimum atomic E-state index is 0.676. The average molecular weight is 164 g/mol. The van der Waals surface area contributed by atoms with Crippen LogP contribution in [0.2, 0.25) is 0 Å². The molecule has 0 aliphatic rings. The van der Waals surface area contributed by atoms with Crippen LogP contribution in [0.4, 0.5) is 0 Å². The third-order valence-corrected chi connectivity index (χ3v) is 1.51.